The van der Waals surface area contributed by atoms with Gasteiger partial charge in [-0.15, -0.1) is 11.3 Å². The van der Waals surface area contributed by atoms with Crippen LogP contribution in [0.5, 0.6) is 0 Å². The number of carboxylic acids is 1. The monoisotopic (exact) mass is 757 g/mol. The SMILES string of the molecule is CC[C@H](C)[C@H](NC(=O)[C@@]1(C)CCCN1C)C(=O)N(C)C(C[C@@H](OC(=O)NC)c1nc(C(=O)N[C@@H](Cc2ccc(N)cc2)C[C@H](C)C(=O)O)cs1)C(C)C. The fourth-order valence-corrected chi connectivity index (χ4v) is 7.53. The number of aliphatic carboxylic acids is 1. The molecule has 2 aromatic rings. The molecule has 1 aliphatic rings. The molecule has 1 unspecified atom stereocenters. The van der Waals surface area contributed by atoms with Crippen LogP contribution in [-0.4, -0.2) is 101 Å². The number of nitrogens with two attached hydrogens (primary N) is 1. The van der Waals surface area contributed by atoms with Crippen molar-refractivity contribution in [1.29, 1.82) is 0 Å². The van der Waals surface area contributed by atoms with Gasteiger partial charge >= 0.3 is 12.1 Å². The van der Waals surface area contributed by atoms with E-state index in [1.54, 1.807) is 36.4 Å². The van der Waals surface area contributed by atoms with Gasteiger partial charge in [-0.1, -0.05) is 53.2 Å². The number of anilines is 1. The van der Waals surface area contributed by atoms with Crippen molar-refractivity contribution >= 4 is 46.8 Å². The van der Waals surface area contributed by atoms with Gasteiger partial charge in [0.25, 0.3) is 5.91 Å². The number of rotatable bonds is 18. The number of carboxylic acid groups (broad SMARTS) is 1. The minimum absolute atomic E-state index is 0.0837. The Morgan fingerprint density at radius 1 is 1.09 bits per heavy atom. The van der Waals surface area contributed by atoms with Gasteiger partial charge in [0, 0.05) is 43.7 Å². The number of amides is 4. The first kappa shape index (κ1) is 43.2. The van der Waals surface area contributed by atoms with Gasteiger partial charge in [0.1, 0.15) is 16.7 Å². The number of likely N-dealkylation sites (tertiary alicyclic amines) is 1. The normalized spacial score (nSPS) is 19.4. The third-order valence-electron chi connectivity index (χ3n) is 10.7. The second kappa shape index (κ2) is 19.2. The van der Waals surface area contributed by atoms with Crippen molar-refractivity contribution in [2.45, 2.75) is 110 Å². The number of nitrogen functional groups attached to an aromatic ring is 1. The van der Waals surface area contributed by atoms with Crippen molar-refractivity contribution < 1.29 is 33.8 Å². The van der Waals surface area contributed by atoms with Gasteiger partial charge in [0.2, 0.25) is 11.8 Å². The first-order chi connectivity index (χ1) is 24.9. The zero-order chi connectivity index (χ0) is 39.6. The number of alkyl carbamates (subject to hydrolysis) is 1. The third kappa shape index (κ3) is 11.4. The summed E-state index contributed by atoms with van der Waals surface area (Å²) in [5.41, 5.74) is 6.70. The molecule has 2 heterocycles. The fraction of sp³-hybridized carbons (Fsp3) is 0.632. The van der Waals surface area contributed by atoms with Crippen molar-refractivity contribution in [3.8, 4) is 0 Å². The number of nitrogens with zero attached hydrogens (tertiary/aromatic N) is 3. The average molecular weight is 758 g/mol. The topological polar surface area (TPSA) is 196 Å². The van der Waals surface area contributed by atoms with Gasteiger partial charge < -0.3 is 36.4 Å². The number of hydrogen-bond donors (Lipinski definition) is 5. The van der Waals surface area contributed by atoms with E-state index in [0.29, 0.717) is 30.0 Å². The van der Waals surface area contributed by atoms with E-state index in [2.05, 4.69) is 20.9 Å². The lowest BCUT2D eigenvalue weighted by atomic mass is 9.91. The molecule has 1 saturated heterocycles. The zero-order valence-corrected chi connectivity index (χ0v) is 33.4. The lowest BCUT2D eigenvalue weighted by Crippen LogP contribution is -2.60. The van der Waals surface area contributed by atoms with E-state index < -0.39 is 53.7 Å². The molecule has 1 aromatic heterocycles. The fourth-order valence-electron chi connectivity index (χ4n) is 6.69. The van der Waals surface area contributed by atoms with E-state index in [-0.39, 0.29) is 42.2 Å². The first-order valence-electron chi connectivity index (χ1n) is 18.4. The summed E-state index contributed by atoms with van der Waals surface area (Å²) in [5.74, 6) is -2.81. The number of nitrogens with one attached hydrogen (secondary N) is 3. The predicted octanol–water partition coefficient (Wildman–Crippen LogP) is 4.46. The molecule has 53 heavy (non-hydrogen) atoms. The van der Waals surface area contributed by atoms with E-state index in [4.69, 9.17) is 10.5 Å². The van der Waals surface area contributed by atoms with Crippen molar-refractivity contribution in [1.82, 2.24) is 30.7 Å². The highest BCUT2D eigenvalue weighted by Gasteiger charge is 2.44. The lowest BCUT2D eigenvalue weighted by molar-refractivity contribution is -0.142. The number of aromatic nitrogens is 1. The van der Waals surface area contributed by atoms with Crippen LogP contribution < -0.4 is 21.7 Å². The summed E-state index contributed by atoms with van der Waals surface area (Å²) in [6, 6.07) is 5.46. The highest BCUT2D eigenvalue weighted by molar-refractivity contribution is 7.09. The standard InChI is InChI=1S/C38H59N7O7S/c1-10-23(4)31(43-36(50)38(6)16-11-17-44(38)8)34(47)45(9)29(22(2)3)20-30(52-37(51)40-7)33-42-28(21-53-33)32(46)41-27(18-24(5)35(48)49)19-25-12-14-26(39)15-13-25/h12-15,21-24,27,29-31H,10-11,16-20,39H2,1-9H3,(H,40,51)(H,41,46)(H,43,50)(H,48,49)/t23-,24-,27+,29?,30+,31-,38+/m0/s1. The van der Waals surface area contributed by atoms with Gasteiger partial charge in [0.05, 0.1) is 11.5 Å². The van der Waals surface area contributed by atoms with Crippen molar-refractivity contribution in [3.63, 3.8) is 0 Å². The number of ether oxygens (including phenoxy) is 1. The van der Waals surface area contributed by atoms with Crippen LogP contribution in [0.1, 0.15) is 101 Å². The molecule has 0 bridgehead atoms. The summed E-state index contributed by atoms with van der Waals surface area (Å²) in [4.78, 5) is 73.9. The third-order valence-corrected chi connectivity index (χ3v) is 11.6. The Kier molecular flexibility index (Phi) is 15.6. The molecular formula is C38H59N7O7S. The van der Waals surface area contributed by atoms with Crippen molar-refractivity contribution in [2.75, 3.05) is 33.4 Å². The molecule has 14 nitrogen and oxygen atoms in total. The molecule has 294 valence electrons. The summed E-state index contributed by atoms with van der Waals surface area (Å²) in [7, 11) is 5.07. The van der Waals surface area contributed by atoms with Crippen LogP contribution in [0, 0.1) is 17.8 Å². The van der Waals surface area contributed by atoms with E-state index >= 15 is 0 Å². The Morgan fingerprint density at radius 2 is 1.75 bits per heavy atom. The van der Waals surface area contributed by atoms with E-state index in [0.717, 1.165) is 29.9 Å². The molecule has 7 atom stereocenters. The highest BCUT2D eigenvalue weighted by Crippen LogP contribution is 2.32. The van der Waals surface area contributed by atoms with Crippen molar-refractivity contribution in [2.24, 2.45) is 17.8 Å². The Bertz CT molecular complexity index is 1570. The van der Waals surface area contributed by atoms with Gasteiger partial charge in [-0.25, -0.2) is 9.78 Å². The smallest absolute Gasteiger partial charge is 0.407 e. The summed E-state index contributed by atoms with van der Waals surface area (Å²) in [6.45, 7) is 12.2. The maximum absolute atomic E-state index is 14.3. The lowest BCUT2D eigenvalue weighted by Gasteiger charge is -2.38. The maximum atomic E-state index is 14.3. The second-order valence-electron chi connectivity index (χ2n) is 14.9. The largest absolute Gasteiger partial charge is 0.481 e. The highest BCUT2D eigenvalue weighted by atomic mass is 32.1. The van der Waals surface area contributed by atoms with Crippen LogP contribution in [0.2, 0.25) is 0 Å². The first-order valence-corrected chi connectivity index (χ1v) is 19.3. The van der Waals surface area contributed by atoms with Gasteiger partial charge in [0.15, 0.2) is 6.10 Å². The quantitative estimate of drug-likeness (QED) is 0.136. The number of benzene rings is 1. The molecule has 1 fully saturated rings. The molecule has 3 rings (SSSR count). The molecule has 15 heteroatoms. The molecule has 0 spiro atoms. The van der Waals surface area contributed by atoms with Gasteiger partial charge in [-0.2, -0.15) is 0 Å². The number of hydrogen-bond acceptors (Lipinski definition) is 10. The molecule has 0 saturated carbocycles. The molecule has 0 aliphatic carbocycles. The minimum Gasteiger partial charge on any atom is -0.481 e. The van der Waals surface area contributed by atoms with Crippen LogP contribution in [0.4, 0.5) is 10.5 Å². The van der Waals surface area contributed by atoms with Crippen molar-refractivity contribution in [3.05, 3.63) is 45.9 Å². The molecule has 4 amide bonds. The summed E-state index contributed by atoms with van der Waals surface area (Å²) in [6.07, 6.45) is 1.42. The Hall–Kier alpha value is -4.24. The minimum atomic E-state index is -0.969. The van der Waals surface area contributed by atoms with Crippen LogP contribution >= 0.6 is 11.3 Å². The van der Waals surface area contributed by atoms with E-state index in [1.807, 2.05) is 58.7 Å². The van der Waals surface area contributed by atoms with Crippen LogP contribution in [0.3, 0.4) is 0 Å². The number of thiazole rings is 1. The molecule has 1 aromatic carbocycles. The maximum Gasteiger partial charge on any atom is 0.407 e. The van der Waals surface area contributed by atoms with E-state index in [1.165, 1.54) is 7.05 Å². The van der Waals surface area contributed by atoms with Crippen LogP contribution in [0.25, 0.3) is 0 Å². The number of carbonyl (C=O) groups is 5. The number of likely N-dealkylation sites (N-methyl/N-ethyl adjacent to an activating group) is 2. The summed E-state index contributed by atoms with van der Waals surface area (Å²) >= 11 is 1.15. The average Bonchev–Trinajstić information content (AvgIpc) is 3.75. The molecular weight excluding hydrogens is 699 g/mol. The van der Waals surface area contributed by atoms with Crippen LogP contribution in [-0.2, 0) is 25.5 Å². The van der Waals surface area contributed by atoms with Gasteiger partial charge in [-0.3, -0.25) is 24.1 Å². The Balaban J connectivity index is 1.85. The molecule has 0 radical (unpaired) electrons. The van der Waals surface area contributed by atoms with Gasteiger partial charge in [-0.05, 0) is 75.7 Å². The molecule has 6 N–H and O–H groups in total. The predicted molar refractivity (Wildman–Crippen MR) is 205 cm³/mol. The van der Waals surface area contributed by atoms with E-state index in [9.17, 15) is 29.1 Å². The summed E-state index contributed by atoms with van der Waals surface area (Å²) < 4.78 is 5.80. The zero-order valence-electron chi connectivity index (χ0n) is 32.6. The Morgan fingerprint density at radius 3 is 2.30 bits per heavy atom. The van der Waals surface area contributed by atoms with Crippen LogP contribution in [0.15, 0.2) is 29.6 Å². The number of carbonyl (C=O) groups excluding carboxylic acids is 4. The molecule has 1 aliphatic heterocycles. The Labute approximate surface area is 317 Å². The summed E-state index contributed by atoms with van der Waals surface area (Å²) in [5, 5.41) is 20.0. The second-order valence-corrected chi connectivity index (χ2v) is 15.8.